The van der Waals surface area contributed by atoms with Crippen LogP contribution in [0.1, 0.15) is 26.7 Å². The van der Waals surface area contributed by atoms with E-state index in [0.717, 1.165) is 17.7 Å². The fourth-order valence-electron chi connectivity index (χ4n) is 1.38. The maximum absolute atomic E-state index is 11.7. The summed E-state index contributed by atoms with van der Waals surface area (Å²) in [5.74, 6) is -2.68. The molecule has 0 aromatic carbocycles. The Labute approximate surface area is 106 Å². The predicted octanol–water partition coefficient (Wildman–Crippen LogP) is -0.238. The van der Waals surface area contributed by atoms with Crippen LogP contribution in [0.2, 0.25) is 0 Å². The number of hydrogen-bond donors (Lipinski definition) is 3. The van der Waals surface area contributed by atoms with E-state index in [2.05, 4.69) is 5.32 Å². The number of hydrogen-bond acceptors (Lipinski definition) is 4. The van der Waals surface area contributed by atoms with E-state index in [9.17, 15) is 14.4 Å². The van der Waals surface area contributed by atoms with Crippen molar-refractivity contribution in [3.63, 3.8) is 0 Å². The Kier molecular flexibility index (Phi) is 7.69. The number of carbonyl (C=O) groups is 3. The highest BCUT2D eigenvalue weighted by atomic mass is 16.4. The number of aliphatic carboxylic acids is 2. The van der Waals surface area contributed by atoms with Gasteiger partial charge in [-0.1, -0.05) is 13.3 Å². The topological polar surface area (TPSA) is 107 Å². The minimum atomic E-state index is -1.16. The van der Waals surface area contributed by atoms with Gasteiger partial charge in [-0.05, 0) is 13.3 Å². The summed E-state index contributed by atoms with van der Waals surface area (Å²) in [7, 11) is 0. The number of nitrogens with zero attached hydrogens (tertiary/aromatic N) is 1. The zero-order valence-electron chi connectivity index (χ0n) is 10.7. The van der Waals surface area contributed by atoms with Crippen LogP contribution in [0.25, 0.3) is 0 Å². The van der Waals surface area contributed by atoms with Crippen LogP contribution in [0.3, 0.4) is 0 Å². The Hall–Kier alpha value is -1.63. The Morgan fingerprint density at radius 1 is 1.17 bits per heavy atom. The number of nitrogens with one attached hydrogen (secondary N) is 1. The molecule has 0 aromatic heterocycles. The largest absolute Gasteiger partial charge is 0.480 e. The van der Waals surface area contributed by atoms with Gasteiger partial charge in [-0.3, -0.25) is 19.3 Å². The van der Waals surface area contributed by atoms with E-state index in [1.54, 1.807) is 0 Å². The maximum atomic E-state index is 11.7. The van der Waals surface area contributed by atoms with Crippen molar-refractivity contribution in [2.24, 2.45) is 0 Å². The second kappa shape index (κ2) is 8.46. The van der Waals surface area contributed by atoms with Crippen molar-refractivity contribution in [2.45, 2.75) is 32.7 Å². The van der Waals surface area contributed by atoms with Gasteiger partial charge in [0, 0.05) is 6.54 Å². The zero-order chi connectivity index (χ0) is 14.1. The first kappa shape index (κ1) is 16.4. The second-order valence-corrected chi connectivity index (χ2v) is 4.01. The molecule has 1 atom stereocenters. The fourth-order valence-corrected chi connectivity index (χ4v) is 1.38. The first-order valence-corrected chi connectivity index (χ1v) is 5.83. The molecule has 7 nitrogen and oxygen atoms in total. The van der Waals surface area contributed by atoms with Crippen LogP contribution in [0.4, 0.5) is 0 Å². The van der Waals surface area contributed by atoms with Crippen LogP contribution < -0.4 is 5.32 Å². The molecule has 1 amide bonds. The van der Waals surface area contributed by atoms with Gasteiger partial charge >= 0.3 is 11.9 Å². The number of unbranched alkanes of at least 4 members (excludes halogenated alkanes) is 1. The molecule has 0 saturated heterocycles. The SMILES string of the molecule is CCCCNC(=O)C(C)N(CC(=O)O)CC(=O)O. The normalized spacial score (nSPS) is 12.2. The third-order valence-corrected chi connectivity index (χ3v) is 2.43. The van der Waals surface area contributed by atoms with Gasteiger partial charge < -0.3 is 15.5 Å². The lowest BCUT2D eigenvalue weighted by atomic mass is 10.2. The van der Waals surface area contributed by atoms with Gasteiger partial charge in [0.25, 0.3) is 0 Å². The van der Waals surface area contributed by atoms with E-state index < -0.39 is 31.1 Å². The number of carboxylic acids is 2. The highest BCUT2D eigenvalue weighted by Gasteiger charge is 2.24. The standard InChI is InChI=1S/C11H20N2O5/c1-3-4-5-12-11(18)8(2)13(6-9(14)15)7-10(16)17/h8H,3-7H2,1-2H3,(H,12,18)(H,14,15)(H,16,17). The average Bonchev–Trinajstić information content (AvgIpc) is 2.26. The molecule has 7 heteroatoms. The lowest BCUT2D eigenvalue weighted by molar-refractivity contribution is -0.143. The number of carbonyl (C=O) groups excluding carboxylic acids is 1. The van der Waals surface area contributed by atoms with Crippen LogP contribution in [-0.4, -0.2) is 58.6 Å². The molecule has 0 aliphatic rings. The molecule has 0 aromatic rings. The van der Waals surface area contributed by atoms with Crippen molar-refractivity contribution in [1.29, 1.82) is 0 Å². The van der Waals surface area contributed by atoms with Crippen LogP contribution in [0.5, 0.6) is 0 Å². The molecule has 18 heavy (non-hydrogen) atoms. The van der Waals surface area contributed by atoms with E-state index in [4.69, 9.17) is 10.2 Å². The third kappa shape index (κ3) is 6.85. The first-order valence-electron chi connectivity index (χ1n) is 5.83. The van der Waals surface area contributed by atoms with Gasteiger partial charge in [0.1, 0.15) is 0 Å². The molecule has 3 N–H and O–H groups in total. The summed E-state index contributed by atoms with van der Waals surface area (Å²) in [6.45, 7) is 3.03. The second-order valence-electron chi connectivity index (χ2n) is 4.01. The van der Waals surface area contributed by atoms with E-state index >= 15 is 0 Å². The molecule has 0 aliphatic carbocycles. The number of carboxylic acid groups (broad SMARTS) is 2. The van der Waals surface area contributed by atoms with Gasteiger partial charge in [0.2, 0.25) is 5.91 Å². The highest BCUT2D eigenvalue weighted by molar-refractivity contribution is 5.83. The van der Waals surface area contributed by atoms with Crippen molar-refractivity contribution in [3.05, 3.63) is 0 Å². The van der Waals surface area contributed by atoms with Crippen molar-refractivity contribution < 1.29 is 24.6 Å². The summed E-state index contributed by atoms with van der Waals surface area (Å²) in [6, 6.07) is -0.783. The van der Waals surface area contributed by atoms with Gasteiger partial charge in [0.05, 0.1) is 19.1 Å². The minimum absolute atomic E-state index is 0.356. The molecular weight excluding hydrogens is 240 g/mol. The monoisotopic (exact) mass is 260 g/mol. The fraction of sp³-hybridized carbons (Fsp3) is 0.727. The van der Waals surface area contributed by atoms with Crippen LogP contribution in [0, 0.1) is 0 Å². The lowest BCUT2D eigenvalue weighted by Crippen LogP contribution is -2.49. The van der Waals surface area contributed by atoms with Crippen LogP contribution >= 0.6 is 0 Å². The minimum Gasteiger partial charge on any atom is -0.480 e. The molecule has 0 aliphatic heterocycles. The summed E-state index contributed by atoms with van der Waals surface area (Å²) in [5, 5.41) is 20.0. The van der Waals surface area contributed by atoms with Crippen LogP contribution in [0.15, 0.2) is 0 Å². The predicted molar refractivity (Wildman–Crippen MR) is 64.2 cm³/mol. The lowest BCUT2D eigenvalue weighted by Gasteiger charge is -2.24. The van der Waals surface area contributed by atoms with E-state index in [0.29, 0.717) is 6.54 Å². The molecule has 0 saturated carbocycles. The Morgan fingerprint density at radius 2 is 1.67 bits per heavy atom. The van der Waals surface area contributed by atoms with Gasteiger partial charge in [-0.2, -0.15) is 0 Å². The number of rotatable bonds is 9. The Bertz CT molecular complexity index is 290. The van der Waals surface area contributed by atoms with E-state index in [1.807, 2.05) is 6.92 Å². The van der Waals surface area contributed by atoms with Crippen molar-refractivity contribution in [1.82, 2.24) is 10.2 Å². The molecule has 0 spiro atoms. The molecule has 0 fully saturated rings. The summed E-state index contributed by atoms with van der Waals surface area (Å²) in [6.07, 6.45) is 1.76. The molecular formula is C11H20N2O5. The van der Waals surface area contributed by atoms with Crippen molar-refractivity contribution >= 4 is 17.8 Å². The zero-order valence-corrected chi connectivity index (χ0v) is 10.7. The molecule has 0 bridgehead atoms. The van der Waals surface area contributed by atoms with E-state index in [1.165, 1.54) is 6.92 Å². The van der Waals surface area contributed by atoms with Gasteiger partial charge in [-0.25, -0.2) is 0 Å². The molecule has 0 heterocycles. The molecule has 104 valence electrons. The quantitative estimate of drug-likeness (QED) is 0.494. The molecule has 0 radical (unpaired) electrons. The van der Waals surface area contributed by atoms with E-state index in [-0.39, 0.29) is 5.91 Å². The summed E-state index contributed by atoms with van der Waals surface area (Å²) in [4.78, 5) is 34.0. The van der Waals surface area contributed by atoms with Gasteiger partial charge in [-0.15, -0.1) is 0 Å². The summed E-state index contributed by atoms with van der Waals surface area (Å²) >= 11 is 0. The van der Waals surface area contributed by atoms with Crippen molar-refractivity contribution in [2.75, 3.05) is 19.6 Å². The highest BCUT2D eigenvalue weighted by Crippen LogP contribution is 1.99. The molecule has 0 rings (SSSR count). The Morgan fingerprint density at radius 3 is 2.06 bits per heavy atom. The van der Waals surface area contributed by atoms with Gasteiger partial charge in [0.15, 0.2) is 0 Å². The molecule has 1 unspecified atom stereocenters. The smallest absolute Gasteiger partial charge is 0.317 e. The third-order valence-electron chi connectivity index (χ3n) is 2.43. The maximum Gasteiger partial charge on any atom is 0.317 e. The number of amides is 1. The Balaban J connectivity index is 4.42. The first-order chi connectivity index (χ1) is 8.38. The van der Waals surface area contributed by atoms with Crippen LogP contribution in [-0.2, 0) is 14.4 Å². The summed E-state index contributed by atoms with van der Waals surface area (Å²) in [5.41, 5.74) is 0. The average molecular weight is 260 g/mol. The van der Waals surface area contributed by atoms with Crippen molar-refractivity contribution in [3.8, 4) is 0 Å². The summed E-state index contributed by atoms with van der Waals surface area (Å²) < 4.78 is 0.